The lowest BCUT2D eigenvalue weighted by Gasteiger charge is -2.56. The third-order valence-corrected chi connectivity index (χ3v) is 5.86. The number of aromatic nitrogens is 2. The van der Waals surface area contributed by atoms with E-state index < -0.39 is 0 Å². The zero-order valence-electron chi connectivity index (χ0n) is 14.5. The van der Waals surface area contributed by atoms with Crippen LogP contribution in [0.2, 0.25) is 0 Å². The number of nitrogens with zero attached hydrogens (tertiary/aromatic N) is 3. The number of rotatable bonds is 2. The van der Waals surface area contributed by atoms with E-state index in [1.807, 2.05) is 29.8 Å². The number of benzene rings is 1. The normalized spacial score (nSPS) is 27.7. The summed E-state index contributed by atoms with van der Waals surface area (Å²) in [5.41, 5.74) is 2.67. The van der Waals surface area contributed by atoms with Crippen LogP contribution in [-0.4, -0.2) is 45.0 Å². The largest absolute Gasteiger partial charge is 0.347 e. The number of hydrogen-bond acceptors (Lipinski definition) is 3. The van der Waals surface area contributed by atoms with Crippen LogP contribution in [0, 0.1) is 5.92 Å². The van der Waals surface area contributed by atoms with Gasteiger partial charge in [0.1, 0.15) is 0 Å². The van der Waals surface area contributed by atoms with Crippen molar-refractivity contribution in [1.29, 1.82) is 0 Å². The molecule has 2 bridgehead atoms. The monoisotopic (exact) mass is 348 g/mol. The van der Waals surface area contributed by atoms with Crippen LogP contribution in [0.3, 0.4) is 0 Å². The molecule has 0 radical (unpaired) electrons. The van der Waals surface area contributed by atoms with Crippen LogP contribution in [0.4, 0.5) is 0 Å². The highest BCUT2D eigenvalue weighted by Crippen LogP contribution is 2.39. The van der Waals surface area contributed by atoms with Crippen molar-refractivity contribution in [2.45, 2.75) is 38.3 Å². The van der Waals surface area contributed by atoms with Gasteiger partial charge in [0.05, 0.1) is 17.4 Å². The highest BCUT2D eigenvalue weighted by Gasteiger charge is 2.48. The molecule has 0 aliphatic carbocycles. The van der Waals surface area contributed by atoms with Gasteiger partial charge in [0.15, 0.2) is 0 Å². The summed E-state index contributed by atoms with van der Waals surface area (Å²) in [4.78, 5) is 19.6. The lowest BCUT2D eigenvalue weighted by atomic mass is 9.72. The van der Waals surface area contributed by atoms with Gasteiger partial charge in [0, 0.05) is 24.2 Å². The van der Waals surface area contributed by atoms with Crippen molar-refractivity contribution in [3.05, 3.63) is 30.1 Å². The number of nitrogens with one attached hydrogen (secondary N) is 1. The number of carbonyl (C=O) groups is 1. The Kier molecular flexibility index (Phi) is 4.34. The predicted octanol–water partition coefficient (Wildman–Crippen LogP) is 2.60. The molecule has 1 amide bonds. The van der Waals surface area contributed by atoms with Crippen LogP contribution in [-0.2, 0) is 7.05 Å². The van der Waals surface area contributed by atoms with Crippen molar-refractivity contribution in [2.75, 3.05) is 13.1 Å². The molecule has 6 heteroatoms. The van der Waals surface area contributed by atoms with E-state index in [2.05, 4.69) is 29.0 Å². The number of fused-ring (bicyclic) bond motifs is 4. The van der Waals surface area contributed by atoms with Crippen LogP contribution in [0.5, 0.6) is 0 Å². The van der Waals surface area contributed by atoms with E-state index in [9.17, 15) is 4.79 Å². The molecular weight excluding hydrogens is 324 g/mol. The Morgan fingerprint density at radius 1 is 1.29 bits per heavy atom. The number of hydrogen-bond donors (Lipinski definition) is 1. The molecule has 0 unspecified atom stereocenters. The van der Waals surface area contributed by atoms with Crippen molar-refractivity contribution in [3.8, 4) is 0 Å². The van der Waals surface area contributed by atoms with Crippen molar-refractivity contribution in [3.63, 3.8) is 0 Å². The second-order valence-corrected chi connectivity index (χ2v) is 7.49. The Morgan fingerprint density at radius 3 is 2.67 bits per heavy atom. The van der Waals surface area contributed by atoms with Gasteiger partial charge in [-0.25, -0.2) is 4.98 Å². The topological polar surface area (TPSA) is 50.2 Å². The minimum absolute atomic E-state index is 0. The summed E-state index contributed by atoms with van der Waals surface area (Å²) < 4.78 is 1.95. The molecule has 1 N–H and O–H groups in total. The SMILES string of the molecule is Cl.Cn1cnc2ccc(C(=O)N[C@@H]3C4CCN(CC4)C3(C)C)cc21. The summed E-state index contributed by atoms with van der Waals surface area (Å²) in [5.74, 6) is 0.624. The first-order valence-corrected chi connectivity index (χ1v) is 8.44. The molecule has 2 aromatic rings. The fourth-order valence-corrected chi connectivity index (χ4v) is 4.37. The van der Waals surface area contributed by atoms with Crippen molar-refractivity contribution in [2.24, 2.45) is 13.0 Å². The number of carbonyl (C=O) groups excluding carboxylic acids is 1. The Balaban J connectivity index is 0.00000169. The number of halogens is 1. The van der Waals surface area contributed by atoms with Crippen LogP contribution >= 0.6 is 12.4 Å². The zero-order valence-corrected chi connectivity index (χ0v) is 15.3. The van der Waals surface area contributed by atoms with E-state index in [1.165, 1.54) is 12.8 Å². The van der Waals surface area contributed by atoms with Crippen molar-refractivity contribution >= 4 is 29.3 Å². The Morgan fingerprint density at radius 2 is 2.00 bits per heavy atom. The van der Waals surface area contributed by atoms with Gasteiger partial charge in [-0.1, -0.05) is 0 Å². The second kappa shape index (κ2) is 6.05. The van der Waals surface area contributed by atoms with E-state index in [0.717, 1.165) is 24.1 Å². The van der Waals surface area contributed by atoms with E-state index >= 15 is 0 Å². The van der Waals surface area contributed by atoms with E-state index in [0.29, 0.717) is 11.5 Å². The van der Waals surface area contributed by atoms with Crippen LogP contribution < -0.4 is 5.32 Å². The van der Waals surface area contributed by atoms with Gasteiger partial charge in [0.2, 0.25) is 0 Å². The molecule has 0 saturated carbocycles. The van der Waals surface area contributed by atoms with Gasteiger partial charge < -0.3 is 9.88 Å². The lowest BCUT2D eigenvalue weighted by Crippen LogP contribution is -2.69. The zero-order chi connectivity index (χ0) is 16.2. The maximum Gasteiger partial charge on any atom is 0.251 e. The highest BCUT2D eigenvalue weighted by atomic mass is 35.5. The number of piperidine rings is 3. The van der Waals surface area contributed by atoms with Gasteiger partial charge in [0.25, 0.3) is 5.91 Å². The predicted molar refractivity (Wildman–Crippen MR) is 97.6 cm³/mol. The minimum atomic E-state index is 0. The summed E-state index contributed by atoms with van der Waals surface area (Å²) in [5, 5.41) is 3.32. The fourth-order valence-electron chi connectivity index (χ4n) is 4.37. The fraction of sp³-hybridized carbons (Fsp3) is 0.556. The molecule has 130 valence electrons. The molecule has 3 aliphatic heterocycles. The van der Waals surface area contributed by atoms with E-state index in [1.54, 1.807) is 6.33 Å². The molecule has 1 aromatic heterocycles. The molecule has 4 heterocycles. The van der Waals surface area contributed by atoms with Crippen molar-refractivity contribution < 1.29 is 4.79 Å². The standard InChI is InChI=1S/C18H24N4O.ClH/c1-18(2)16(12-6-8-22(18)9-7-12)20-17(23)13-4-5-14-15(10-13)21(3)11-19-14;/h4-5,10-12,16H,6-9H2,1-3H3,(H,20,23);1H/t16-;/m1./s1. The highest BCUT2D eigenvalue weighted by molar-refractivity contribution is 5.97. The van der Waals surface area contributed by atoms with Crippen LogP contribution in [0.15, 0.2) is 24.5 Å². The first-order valence-electron chi connectivity index (χ1n) is 8.44. The van der Waals surface area contributed by atoms with Crippen molar-refractivity contribution in [1.82, 2.24) is 19.8 Å². The van der Waals surface area contributed by atoms with E-state index in [4.69, 9.17) is 0 Å². The summed E-state index contributed by atoms with van der Waals surface area (Å²) >= 11 is 0. The molecule has 1 aromatic carbocycles. The molecule has 3 aliphatic rings. The Bertz CT molecular complexity index is 761. The quantitative estimate of drug-likeness (QED) is 0.907. The smallest absolute Gasteiger partial charge is 0.251 e. The molecule has 0 spiro atoms. The summed E-state index contributed by atoms with van der Waals surface area (Å²) in [6, 6.07) is 5.96. The van der Waals surface area contributed by atoms with Crippen LogP contribution in [0.25, 0.3) is 11.0 Å². The van der Waals surface area contributed by atoms with Gasteiger partial charge in [-0.2, -0.15) is 0 Å². The van der Waals surface area contributed by atoms with Gasteiger partial charge in [-0.15, -0.1) is 12.4 Å². The number of aryl methyl sites for hydroxylation is 1. The van der Waals surface area contributed by atoms with Gasteiger partial charge in [-0.3, -0.25) is 9.69 Å². The molecule has 3 saturated heterocycles. The average molecular weight is 349 g/mol. The maximum absolute atomic E-state index is 12.8. The maximum atomic E-state index is 12.8. The lowest BCUT2D eigenvalue weighted by molar-refractivity contribution is -0.0378. The molecule has 3 fully saturated rings. The Hall–Kier alpha value is -1.59. The first kappa shape index (κ1) is 17.2. The molecule has 5 rings (SSSR count). The molecular formula is C18H25ClN4O. The first-order chi connectivity index (χ1) is 11.0. The summed E-state index contributed by atoms with van der Waals surface area (Å²) in [7, 11) is 1.95. The third-order valence-electron chi connectivity index (χ3n) is 5.86. The average Bonchev–Trinajstić information content (AvgIpc) is 2.92. The van der Waals surface area contributed by atoms with Gasteiger partial charge >= 0.3 is 0 Å². The Labute approximate surface area is 148 Å². The number of amides is 1. The molecule has 24 heavy (non-hydrogen) atoms. The van der Waals surface area contributed by atoms with E-state index in [-0.39, 0.29) is 29.9 Å². The summed E-state index contributed by atoms with van der Waals surface area (Å²) in [6.45, 7) is 6.83. The third kappa shape index (κ3) is 2.60. The van der Waals surface area contributed by atoms with Gasteiger partial charge in [-0.05, 0) is 63.9 Å². The molecule has 1 atom stereocenters. The molecule has 5 nitrogen and oxygen atoms in total. The minimum Gasteiger partial charge on any atom is -0.347 e. The summed E-state index contributed by atoms with van der Waals surface area (Å²) in [6.07, 6.45) is 4.16. The van der Waals surface area contributed by atoms with Crippen LogP contribution in [0.1, 0.15) is 37.0 Å². The second-order valence-electron chi connectivity index (χ2n) is 7.49. The number of imidazole rings is 1.